The fourth-order valence-electron chi connectivity index (χ4n) is 1.73. The van der Waals surface area contributed by atoms with Crippen LogP contribution in [0, 0.1) is 0 Å². The molecule has 0 aliphatic heterocycles. The molecule has 3 N–H and O–H groups in total. The van der Waals surface area contributed by atoms with Crippen LogP contribution in [0.25, 0.3) is 0 Å². The third-order valence-electron chi connectivity index (χ3n) is 2.88. The molecule has 0 saturated heterocycles. The number of methoxy groups -OCH3 is 1. The average molecular weight is 271 g/mol. The number of nitrogens with zero attached hydrogens (tertiary/aromatic N) is 1. The number of amides is 1. The molecule has 2 rings (SSSR count). The molecule has 0 fully saturated rings. The van der Waals surface area contributed by atoms with E-state index < -0.39 is 0 Å². The van der Waals surface area contributed by atoms with Gasteiger partial charge in [-0.1, -0.05) is 18.2 Å². The molecule has 1 aromatic heterocycles. The first-order valence-electron chi connectivity index (χ1n) is 6.29. The van der Waals surface area contributed by atoms with E-state index in [1.807, 2.05) is 24.3 Å². The van der Waals surface area contributed by atoms with Crippen LogP contribution in [0.2, 0.25) is 0 Å². The largest absolute Gasteiger partial charge is 0.497 e. The lowest BCUT2D eigenvalue weighted by Crippen LogP contribution is -2.23. The fourth-order valence-corrected chi connectivity index (χ4v) is 1.73. The Morgan fingerprint density at radius 3 is 2.80 bits per heavy atom. The highest BCUT2D eigenvalue weighted by atomic mass is 16.5. The number of rotatable bonds is 5. The SMILES string of the molecule is COc1cccc(CNC(=O)c2ccc(CN)cn2)c1. The van der Waals surface area contributed by atoms with Crippen LogP contribution in [0.4, 0.5) is 0 Å². The molecule has 104 valence electrons. The van der Waals surface area contributed by atoms with Crippen molar-refractivity contribution >= 4 is 5.91 Å². The van der Waals surface area contributed by atoms with Gasteiger partial charge in [0.1, 0.15) is 11.4 Å². The van der Waals surface area contributed by atoms with Crippen LogP contribution < -0.4 is 15.8 Å². The number of nitrogens with one attached hydrogen (secondary N) is 1. The smallest absolute Gasteiger partial charge is 0.270 e. The molecule has 5 nitrogen and oxygen atoms in total. The van der Waals surface area contributed by atoms with Gasteiger partial charge in [-0.25, -0.2) is 0 Å². The molecule has 5 heteroatoms. The van der Waals surface area contributed by atoms with Gasteiger partial charge in [0.2, 0.25) is 0 Å². The average Bonchev–Trinajstić information content (AvgIpc) is 2.53. The zero-order chi connectivity index (χ0) is 14.4. The topological polar surface area (TPSA) is 77.2 Å². The Kier molecular flexibility index (Phi) is 4.68. The first-order chi connectivity index (χ1) is 9.72. The predicted molar refractivity (Wildman–Crippen MR) is 76.3 cm³/mol. The molecule has 0 spiro atoms. The summed E-state index contributed by atoms with van der Waals surface area (Å²) in [4.78, 5) is 16.0. The maximum absolute atomic E-state index is 11.9. The first-order valence-corrected chi connectivity index (χ1v) is 6.29. The van der Waals surface area contributed by atoms with Gasteiger partial charge in [-0.3, -0.25) is 9.78 Å². The van der Waals surface area contributed by atoms with Crippen LogP contribution in [-0.2, 0) is 13.1 Å². The first kappa shape index (κ1) is 14.0. The van der Waals surface area contributed by atoms with E-state index in [-0.39, 0.29) is 5.91 Å². The third-order valence-corrected chi connectivity index (χ3v) is 2.88. The zero-order valence-electron chi connectivity index (χ0n) is 11.3. The molecule has 0 aliphatic carbocycles. The standard InChI is InChI=1S/C15H17N3O2/c1-20-13-4-2-3-11(7-13)9-18-15(19)14-6-5-12(8-16)10-17-14/h2-7,10H,8-9,16H2,1H3,(H,18,19). The van der Waals surface area contributed by atoms with E-state index in [1.165, 1.54) is 0 Å². The summed E-state index contributed by atoms with van der Waals surface area (Å²) in [6, 6.07) is 11.0. The van der Waals surface area contributed by atoms with Crippen molar-refractivity contribution < 1.29 is 9.53 Å². The van der Waals surface area contributed by atoms with Crippen molar-refractivity contribution in [2.45, 2.75) is 13.1 Å². The minimum Gasteiger partial charge on any atom is -0.497 e. The van der Waals surface area contributed by atoms with Crippen molar-refractivity contribution in [1.29, 1.82) is 0 Å². The summed E-state index contributed by atoms with van der Waals surface area (Å²) in [5.41, 5.74) is 7.73. The number of carbonyl (C=O) groups is 1. The van der Waals surface area contributed by atoms with Gasteiger partial charge in [0, 0.05) is 19.3 Å². The van der Waals surface area contributed by atoms with E-state index in [0.29, 0.717) is 18.8 Å². The van der Waals surface area contributed by atoms with E-state index >= 15 is 0 Å². The Balaban J connectivity index is 1.97. The quantitative estimate of drug-likeness (QED) is 0.863. The summed E-state index contributed by atoms with van der Waals surface area (Å²) < 4.78 is 5.13. The molecule has 0 atom stereocenters. The lowest BCUT2D eigenvalue weighted by molar-refractivity contribution is 0.0946. The number of ether oxygens (including phenoxy) is 1. The molecule has 1 heterocycles. The second kappa shape index (κ2) is 6.68. The Morgan fingerprint density at radius 1 is 1.30 bits per heavy atom. The van der Waals surface area contributed by atoms with E-state index in [0.717, 1.165) is 16.9 Å². The van der Waals surface area contributed by atoms with Crippen LogP contribution in [-0.4, -0.2) is 18.0 Å². The van der Waals surface area contributed by atoms with Crippen LogP contribution >= 0.6 is 0 Å². The Bertz CT molecular complexity index is 582. The van der Waals surface area contributed by atoms with E-state index in [2.05, 4.69) is 10.3 Å². The number of hydrogen-bond acceptors (Lipinski definition) is 4. The Labute approximate surface area is 117 Å². The molecular weight excluding hydrogens is 254 g/mol. The summed E-state index contributed by atoms with van der Waals surface area (Å²) >= 11 is 0. The van der Waals surface area contributed by atoms with Gasteiger partial charge < -0.3 is 15.8 Å². The molecule has 0 aliphatic rings. The number of aromatic nitrogens is 1. The normalized spacial score (nSPS) is 10.1. The second-order valence-electron chi connectivity index (χ2n) is 4.29. The third kappa shape index (κ3) is 3.55. The summed E-state index contributed by atoms with van der Waals surface area (Å²) in [7, 11) is 1.61. The summed E-state index contributed by atoms with van der Waals surface area (Å²) in [6.45, 7) is 0.842. The van der Waals surface area contributed by atoms with Crippen LogP contribution in [0.15, 0.2) is 42.6 Å². The van der Waals surface area contributed by atoms with Crippen LogP contribution in [0.1, 0.15) is 21.6 Å². The number of benzene rings is 1. The molecule has 1 aromatic carbocycles. The second-order valence-corrected chi connectivity index (χ2v) is 4.29. The lowest BCUT2D eigenvalue weighted by atomic mass is 10.2. The predicted octanol–water partition coefficient (Wildman–Crippen LogP) is 1.48. The highest BCUT2D eigenvalue weighted by molar-refractivity contribution is 5.92. The zero-order valence-corrected chi connectivity index (χ0v) is 11.3. The summed E-state index contributed by atoms with van der Waals surface area (Å²) in [6.07, 6.45) is 1.61. The lowest BCUT2D eigenvalue weighted by Gasteiger charge is -2.07. The molecule has 0 bridgehead atoms. The van der Waals surface area contributed by atoms with Gasteiger partial charge in [-0.15, -0.1) is 0 Å². The molecule has 1 amide bonds. The molecular formula is C15H17N3O2. The fraction of sp³-hybridized carbons (Fsp3) is 0.200. The van der Waals surface area contributed by atoms with Crippen LogP contribution in [0.5, 0.6) is 5.75 Å². The van der Waals surface area contributed by atoms with Crippen molar-refractivity contribution in [2.24, 2.45) is 5.73 Å². The van der Waals surface area contributed by atoms with Crippen molar-refractivity contribution in [1.82, 2.24) is 10.3 Å². The van der Waals surface area contributed by atoms with Gasteiger partial charge in [0.25, 0.3) is 5.91 Å². The van der Waals surface area contributed by atoms with E-state index in [4.69, 9.17) is 10.5 Å². The maximum Gasteiger partial charge on any atom is 0.270 e. The van der Waals surface area contributed by atoms with Crippen molar-refractivity contribution in [3.63, 3.8) is 0 Å². The molecule has 0 unspecified atom stereocenters. The molecule has 20 heavy (non-hydrogen) atoms. The van der Waals surface area contributed by atoms with Crippen LogP contribution in [0.3, 0.4) is 0 Å². The van der Waals surface area contributed by atoms with Gasteiger partial charge in [-0.05, 0) is 29.3 Å². The number of pyridine rings is 1. The Morgan fingerprint density at radius 2 is 2.15 bits per heavy atom. The number of nitrogens with two attached hydrogens (primary N) is 1. The van der Waals surface area contributed by atoms with Crippen molar-refractivity contribution in [3.05, 3.63) is 59.4 Å². The minimum absolute atomic E-state index is 0.212. The molecule has 0 radical (unpaired) electrons. The van der Waals surface area contributed by atoms with Crippen molar-refractivity contribution in [2.75, 3.05) is 7.11 Å². The van der Waals surface area contributed by atoms with Gasteiger partial charge in [0.05, 0.1) is 7.11 Å². The van der Waals surface area contributed by atoms with Crippen molar-refractivity contribution in [3.8, 4) is 5.75 Å². The van der Waals surface area contributed by atoms with Gasteiger partial charge >= 0.3 is 0 Å². The number of carbonyl (C=O) groups excluding carboxylic acids is 1. The number of hydrogen-bond donors (Lipinski definition) is 2. The highest BCUT2D eigenvalue weighted by Gasteiger charge is 2.06. The minimum atomic E-state index is -0.212. The maximum atomic E-state index is 11.9. The highest BCUT2D eigenvalue weighted by Crippen LogP contribution is 2.12. The summed E-state index contributed by atoms with van der Waals surface area (Å²) in [5.74, 6) is 0.554. The summed E-state index contributed by atoms with van der Waals surface area (Å²) in [5, 5.41) is 2.82. The molecule has 0 saturated carbocycles. The van der Waals surface area contributed by atoms with E-state index in [9.17, 15) is 4.79 Å². The van der Waals surface area contributed by atoms with Gasteiger partial charge in [-0.2, -0.15) is 0 Å². The Hall–Kier alpha value is -2.40. The molecule has 2 aromatic rings. The van der Waals surface area contributed by atoms with Gasteiger partial charge in [0.15, 0.2) is 0 Å². The van der Waals surface area contributed by atoms with E-state index in [1.54, 1.807) is 25.4 Å². The monoisotopic (exact) mass is 271 g/mol.